The Morgan fingerprint density at radius 1 is 1.44 bits per heavy atom. The predicted molar refractivity (Wildman–Crippen MR) is 73.9 cm³/mol. The minimum Gasteiger partial charge on any atom is -0.372 e. The Bertz CT molecular complexity index is 375. The topological polar surface area (TPSA) is 37.4 Å². The van der Waals surface area contributed by atoms with Crippen LogP contribution in [0.3, 0.4) is 0 Å². The molecule has 0 aromatic carbocycles. The average Bonchev–Trinajstić information content (AvgIpc) is 2.36. The molecule has 18 heavy (non-hydrogen) atoms. The molecule has 4 nitrogen and oxygen atoms in total. The van der Waals surface area contributed by atoms with Gasteiger partial charge >= 0.3 is 0 Å². The number of ether oxygens (including phenoxy) is 1. The molecule has 4 heteroatoms. The molecule has 0 spiro atoms. The summed E-state index contributed by atoms with van der Waals surface area (Å²) in [5.41, 5.74) is 1.15. The second kappa shape index (κ2) is 5.67. The Hall–Kier alpha value is -1.13. The van der Waals surface area contributed by atoms with Crippen LogP contribution in [0, 0.1) is 0 Å². The van der Waals surface area contributed by atoms with Crippen LogP contribution in [0.2, 0.25) is 0 Å². The normalized spacial score (nSPS) is 18.9. The highest BCUT2D eigenvalue weighted by Crippen LogP contribution is 2.21. The monoisotopic (exact) mass is 249 g/mol. The number of anilines is 1. The lowest BCUT2D eigenvalue weighted by Gasteiger charge is -2.38. The van der Waals surface area contributed by atoms with E-state index < -0.39 is 0 Å². The summed E-state index contributed by atoms with van der Waals surface area (Å²) < 4.78 is 5.71. The van der Waals surface area contributed by atoms with E-state index in [0.29, 0.717) is 0 Å². The van der Waals surface area contributed by atoms with Crippen LogP contribution in [0.25, 0.3) is 0 Å². The van der Waals surface area contributed by atoms with Crippen LogP contribution in [-0.2, 0) is 11.3 Å². The largest absolute Gasteiger partial charge is 0.372 e. The molecule has 0 saturated carbocycles. The van der Waals surface area contributed by atoms with Gasteiger partial charge in [-0.05, 0) is 32.0 Å². The summed E-state index contributed by atoms with van der Waals surface area (Å²) >= 11 is 0. The molecule has 0 radical (unpaired) electrons. The van der Waals surface area contributed by atoms with E-state index in [1.165, 1.54) is 5.56 Å². The van der Waals surface area contributed by atoms with E-state index in [0.717, 1.165) is 38.6 Å². The van der Waals surface area contributed by atoms with Crippen molar-refractivity contribution in [2.75, 3.05) is 31.1 Å². The molecule has 0 bridgehead atoms. The van der Waals surface area contributed by atoms with Gasteiger partial charge in [0.1, 0.15) is 5.82 Å². The summed E-state index contributed by atoms with van der Waals surface area (Å²) in [6.07, 6.45) is 1.96. The number of aromatic nitrogens is 1. The zero-order chi connectivity index (χ0) is 13.0. The van der Waals surface area contributed by atoms with Crippen LogP contribution < -0.4 is 10.2 Å². The van der Waals surface area contributed by atoms with Crippen molar-refractivity contribution >= 4 is 5.82 Å². The smallest absolute Gasteiger partial charge is 0.128 e. The van der Waals surface area contributed by atoms with Crippen LogP contribution in [0.5, 0.6) is 0 Å². The molecule has 1 aromatic heterocycles. The summed E-state index contributed by atoms with van der Waals surface area (Å²) in [7, 11) is 0. The third-order valence-electron chi connectivity index (χ3n) is 3.14. The number of pyridine rings is 1. The maximum Gasteiger partial charge on any atom is 0.128 e. The minimum absolute atomic E-state index is 0.0810. The van der Waals surface area contributed by atoms with E-state index in [2.05, 4.69) is 48.1 Å². The SMILES string of the molecule is CCNCc1ccc(N2CCOC(C)(C)C2)nc1. The molecule has 1 aliphatic rings. The van der Waals surface area contributed by atoms with Gasteiger partial charge in [0.2, 0.25) is 0 Å². The van der Waals surface area contributed by atoms with Crippen LogP contribution >= 0.6 is 0 Å². The lowest BCUT2D eigenvalue weighted by molar-refractivity contribution is -0.0279. The Morgan fingerprint density at radius 3 is 2.89 bits per heavy atom. The van der Waals surface area contributed by atoms with Gasteiger partial charge in [-0.3, -0.25) is 0 Å². The molecule has 2 heterocycles. The van der Waals surface area contributed by atoms with Crippen LogP contribution in [0.15, 0.2) is 18.3 Å². The first-order valence-electron chi connectivity index (χ1n) is 6.65. The second-order valence-electron chi connectivity index (χ2n) is 5.33. The first kappa shape index (κ1) is 13.3. The van der Waals surface area contributed by atoms with Gasteiger partial charge in [-0.25, -0.2) is 4.98 Å². The highest BCUT2D eigenvalue weighted by Gasteiger charge is 2.27. The van der Waals surface area contributed by atoms with Crippen LogP contribution in [0.1, 0.15) is 26.3 Å². The molecular weight excluding hydrogens is 226 g/mol. The first-order chi connectivity index (χ1) is 8.61. The highest BCUT2D eigenvalue weighted by atomic mass is 16.5. The van der Waals surface area contributed by atoms with Gasteiger partial charge in [0.15, 0.2) is 0 Å². The van der Waals surface area contributed by atoms with Gasteiger partial charge in [-0.2, -0.15) is 0 Å². The van der Waals surface area contributed by atoms with Crippen LogP contribution in [0.4, 0.5) is 5.82 Å². The summed E-state index contributed by atoms with van der Waals surface area (Å²) in [6.45, 7) is 10.8. The first-order valence-corrected chi connectivity index (χ1v) is 6.65. The van der Waals surface area contributed by atoms with E-state index >= 15 is 0 Å². The van der Waals surface area contributed by atoms with Crippen molar-refractivity contribution in [2.45, 2.75) is 32.9 Å². The van der Waals surface area contributed by atoms with Gasteiger partial charge in [-0.15, -0.1) is 0 Å². The van der Waals surface area contributed by atoms with Gasteiger partial charge in [0, 0.05) is 25.8 Å². The van der Waals surface area contributed by atoms with Crippen molar-refractivity contribution in [3.8, 4) is 0 Å². The van der Waals surface area contributed by atoms with Crippen molar-refractivity contribution in [1.82, 2.24) is 10.3 Å². The zero-order valence-corrected chi connectivity index (χ0v) is 11.6. The fraction of sp³-hybridized carbons (Fsp3) is 0.643. The number of nitrogens with zero attached hydrogens (tertiary/aromatic N) is 2. The number of nitrogens with one attached hydrogen (secondary N) is 1. The number of morpholine rings is 1. The fourth-order valence-corrected chi connectivity index (χ4v) is 2.19. The quantitative estimate of drug-likeness (QED) is 0.883. The molecule has 1 aromatic rings. The minimum atomic E-state index is -0.0810. The summed E-state index contributed by atoms with van der Waals surface area (Å²) in [5.74, 6) is 1.05. The highest BCUT2D eigenvalue weighted by molar-refractivity contribution is 5.40. The lowest BCUT2D eigenvalue weighted by Crippen LogP contribution is -2.48. The summed E-state index contributed by atoms with van der Waals surface area (Å²) in [5, 5.41) is 3.30. The van der Waals surface area contributed by atoms with Gasteiger partial charge in [-0.1, -0.05) is 13.0 Å². The Kier molecular flexibility index (Phi) is 4.19. The van der Waals surface area contributed by atoms with E-state index in [4.69, 9.17) is 4.74 Å². The van der Waals surface area contributed by atoms with Crippen molar-refractivity contribution in [3.05, 3.63) is 23.9 Å². The van der Waals surface area contributed by atoms with Crippen molar-refractivity contribution < 1.29 is 4.74 Å². The van der Waals surface area contributed by atoms with E-state index in [-0.39, 0.29) is 5.60 Å². The third-order valence-corrected chi connectivity index (χ3v) is 3.14. The summed E-state index contributed by atoms with van der Waals surface area (Å²) in [4.78, 5) is 6.84. The second-order valence-corrected chi connectivity index (χ2v) is 5.33. The van der Waals surface area contributed by atoms with E-state index in [1.807, 2.05) is 6.20 Å². The number of hydrogen-bond donors (Lipinski definition) is 1. The molecule has 1 aliphatic heterocycles. The van der Waals surface area contributed by atoms with Gasteiger partial charge in [0.25, 0.3) is 0 Å². The molecule has 0 amide bonds. The number of rotatable bonds is 4. The number of hydrogen-bond acceptors (Lipinski definition) is 4. The predicted octanol–water partition coefficient (Wildman–Crippen LogP) is 1.81. The van der Waals surface area contributed by atoms with Gasteiger partial charge in [0.05, 0.1) is 12.2 Å². The van der Waals surface area contributed by atoms with Crippen molar-refractivity contribution in [2.24, 2.45) is 0 Å². The van der Waals surface area contributed by atoms with E-state index in [1.54, 1.807) is 0 Å². The standard InChI is InChI=1S/C14H23N3O/c1-4-15-9-12-5-6-13(16-10-12)17-7-8-18-14(2,3)11-17/h5-6,10,15H,4,7-9,11H2,1-3H3. The Morgan fingerprint density at radius 2 is 2.28 bits per heavy atom. The van der Waals surface area contributed by atoms with Crippen molar-refractivity contribution in [1.29, 1.82) is 0 Å². The van der Waals surface area contributed by atoms with E-state index in [9.17, 15) is 0 Å². The molecule has 2 rings (SSSR count). The maximum absolute atomic E-state index is 5.71. The summed E-state index contributed by atoms with van der Waals surface area (Å²) in [6, 6.07) is 4.25. The lowest BCUT2D eigenvalue weighted by atomic mass is 10.1. The van der Waals surface area contributed by atoms with Crippen molar-refractivity contribution in [3.63, 3.8) is 0 Å². The maximum atomic E-state index is 5.71. The molecule has 1 saturated heterocycles. The average molecular weight is 249 g/mol. The Labute approximate surface area is 109 Å². The molecular formula is C14H23N3O. The molecule has 0 unspecified atom stereocenters. The molecule has 100 valence electrons. The molecule has 1 N–H and O–H groups in total. The molecule has 0 aliphatic carbocycles. The third kappa shape index (κ3) is 3.43. The van der Waals surface area contributed by atoms with Gasteiger partial charge < -0.3 is 15.0 Å². The fourth-order valence-electron chi connectivity index (χ4n) is 2.19. The Balaban J connectivity index is 2.00. The molecule has 1 fully saturated rings. The van der Waals surface area contributed by atoms with Crippen LogP contribution in [-0.4, -0.2) is 36.8 Å². The molecule has 0 atom stereocenters. The zero-order valence-electron chi connectivity index (χ0n) is 11.6.